The van der Waals surface area contributed by atoms with Gasteiger partial charge >= 0.3 is 17.9 Å². The molecule has 0 spiro atoms. The molecule has 1 saturated heterocycles. The highest BCUT2D eigenvalue weighted by Crippen LogP contribution is 2.27. The zero-order valence-electron chi connectivity index (χ0n) is 16.0. The Morgan fingerprint density at radius 3 is 2.50 bits per heavy atom. The van der Waals surface area contributed by atoms with E-state index in [-0.39, 0.29) is 18.5 Å². The highest BCUT2D eigenvalue weighted by atomic mass is 16.6. The molecule has 26 heavy (non-hydrogen) atoms. The van der Waals surface area contributed by atoms with E-state index in [4.69, 9.17) is 14.2 Å². The second-order valence-electron chi connectivity index (χ2n) is 7.52. The zero-order valence-corrected chi connectivity index (χ0v) is 16.0. The smallest absolute Gasteiger partial charge is 0.338 e. The molecule has 6 nitrogen and oxygen atoms in total. The summed E-state index contributed by atoms with van der Waals surface area (Å²) >= 11 is 0. The van der Waals surface area contributed by atoms with Gasteiger partial charge in [0.05, 0.1) is 18.1 Å². The molecule has 1 aromatic carbocycles. The average molecular weight is 362 g/mol. The van der Waals surface area contributed by atoms with Gasteiger partial charge in [-0.2, -0.15) is 0 Å². The number of benzene rings is 1. The molecular weight excluding hydrogens is 336 g/mol. The number of esters is 3. The molecule has 1 heterocycles. The van der Waals surface area contributed by atoms with E-state index in [1.165, 1.54) is 6.92 Å². The van der Waals surface area contributed by atoms with Gasteiger partial charge in [-0.3, -0.25) is 9.59 Å². The maximum absolute atomic E-state index is 12.5. The van der Waals surface area contributed by atoms with Crippen molar-refractivity contribution in [3.63, 3.8) is 0 Å². The highest BCUT2D eigenvalue weighted by Gasteiger charge is 2.29. The van der Waals surface area contributed by atoms with E-state index in [1.54, 1.807) is 39.8 Å². The summed E-state index contributed by atoms with van der Waals surface area (Å²) in [6, 6.07) is 3.51. The van der Waals surface area contributed by atoms with Gasteiger partial charge in [-0.15, -0.1) is 0 Å². The van der Waals surface area contributed by atoms with Crippen LogP contribution in [0.3, 0.4) is 0 Å². The summed E-state index contributed by atoms with van der Waals surface area (Å²) in [4.78, 5) is 35.5. The Balaban J connectivity index is 2.35. The van der Waals surface area contributed by atoms with E-state index in [9.17, 15) is 14.4 Å². The summed E-state index contributed by atoms with van der Waals surface area (Å²) in [5.41, 5.74) is 2.14. The molecule has 6 heteroatoms. The molecule has 1 aliphatic rings. The molecule has 1 aliphatic heterocycles. The number of carbonyl (C=O) groups excluding carboxylic acids is 3. The summed E-state index contributed by atoms with van der Waals surface area (Å²) in [7, 11) is 0. The summed E-state index contributed by atoms with van der Waals surface area (Å²) < 4.78 is 15.6. The Morgan fingerprint density at radius 2 is 1.96 bits per heavy atom. The van der Waals surface area contributed by atoms with Crippen LogP contribution in [-0.2, 0) is 36.8 Å². The molecule has 1 aromatic rings. The predicted octanol–water partition coefficient (Wildman–Crippen LogP) is 3.12. The van der Waals surface area contributed by atoms with Crippen LogP contribution >= 0.6 is 0 Å². The molecule has 0 saturated carbocycles. The molecule has 0 bridgehead atoms. The van der Waals surface area contributed by atoms with Crippen molar-refractivity contribution in [2.45, 2.75) is 59.7 Å². The third-order valence-electron chi connectivity index (χ3n) is 4.24. The van der Waals surface area contributed by atoms with Crippen molar-refractivity contribution in [2.75, 3.05) is 6.61 Å². The van der Waals surface area contributed by atoms with Crippen LogP contribution in [0.25, 0.3) is 0 Å². The fourth-order valence-electron chi connectivity index (χ4n) is 2.92. The number of ether oxygens (including phenoxy) is 3. The van der Waals surface area contributed by atoms with Gasteiger partial charge in [-0.05, 0) is 63.3 Å². The summed E-state index contributed by atoms with van der Waals surface area (Å²) in [5.74, 6) is -1.25. The molecule has 0 radical (unpaired) electrons. The van der Waals surface area contributed by atoms with Crippen molar-refractivity contribution in [2.24, 2.45) is 5.92 Å². The molecule has 142 valence electrons. The standard InChI is InChI=1S/C20H26O6/c1-12-16(19(23)26-20(3,4)5)7-6-14(17(12)11-25-13(2)21)10-15-8-9-24-18(15)22/h6-7,15H,8-11H2,1-5H3. The lowest BCUT2D eigenvalue weighted by molar-refractivity contribution is -0.143. The molecule has 0 aromatic heterocycles. The number of rotatable bonds is 5. The Morgan fingerprint density at radius 1 is 1.27 bits per heavy atom. The Bertz CT molecular complexity index is 714. The summed E-state index contributed by atoms with van der Waals surface area (Å²) in [5, 5.41) is 0. The minimum absolute atomic E-state index is 0.0505. The van der Waals surface area contributed by atoms with E-state index < -0.39 is 17.5 Å². The average Bonchev–Trinajstić information content (AvgIpc) is 2.90. The Labute approximate surface area is 153 Å². The van der Waals surface area contributed by atoms with E-state index in [1.807, 2.05) is 0 Å². The fraction of sp³-hybridized carbons (Fsp3) is 0.550. The minimum atomic E-state index is -0.605. The van der Waals surface area contributed by atoms with Crippen molar-refractivity contribution >= 4 is 17.9 Å². The van der Waals surface area contributed by atoms with E-state index in [0.29, 0.717) is 30.6 Å². The monoisotopic (exact) mass is 362 g/mol. The molecule has 0 N–H and O–H groups in total. The first-order valence-electron chi connectivity index (χ1n) is 8.73. The first kappa shape index (κ1) is 19.9. The highest BCUT2D eigenvalue weighted by molar-refractivity contribution is 5.92. The first-order valence-corrected chi connectivity index (χ1v) is 8.73. The van der Waals surface area contributed by atoms with Gasteiger partial charge in [0.15, 0.2) is 0 Å². The van der Waals surface area contributed by atoms with Crippen LogP contribution in [0.5, 0.6) is 0 Å². The van der Waals surface area contributed by atoms with Gasteiger partial charge in [-0.25, -0.2) is 4.79 Å². The zero-order chi connectivity index (χ0) is 19.5. The van der Waals surface area contributed by atoms with Crippen molar-refractivity contribution in [3.8, 4) is 0 Å². The van der Waals surface area contributed by atoms with E-state index >= 15 is 0 Å². The molecule has 1 unspecified atom stereocenters. The second-order valence-corrected chi connectivity index (χ2v) is 7.52. The molecule has 1 atom stereocenters. The molecule has 0 aliphatic carbocycles. The normalized spacial score (nSPS) is 17.0. The van der Waals surface area contributed by atoms with Gasteiger partial charge in [0.25, 0.3) is 0 Å². The lowest BCUT2D eigenvalue weighted by atomic mass is 9.90. The quantitative estimate of drug-likeness (QED) is 0.591. The van der Waals surface area contributed by atoms with Crippen molar-refractivity contribution in [1.29, 1.82) is 0 Å². The van der Waals surface area contributed by atoms with Crippen molar-refractivity contribution < 1.29 is 28.6 Å². The maximum atomic E-state index is 12.5. The number of cyclic esters (lactones) is 1. The molecule has 1 fully saturated rings. The lowest BCUT2D eigenvalue weighted by Gasteiger charge is -2.22. The summed E-state index contributed by atoms with van der Waals surface area (Å²) in [6.45, 7) is 9.03. The molecule has 0 amide bonds. The third kappa shape index (κ3) is 5.07. The Hall–Kier alpha value is -2.37. The van der Waals surface area contributed by atoms with Crippen LogP contribution in [0.2, 0.25) is 0 Å². The SMILES string of the molecule is CC(=O)OCc1c(CC2CCOC2=O)ccc(C(=O)OC(C)(C)C)c1C. The van der Waals surface area contributed by atoms with E-state index in [0.717, 1.165) is 11.1 Å². The number of hydrogen-bond acceptors (Lipinski definition) is 6. The van der Waals surface area contributed by atoms with Crippen LogP contribution < -0.4 is 0 Å². The first-order chi connectivity index (χ1) is 12.1. The Kier molecular flexibility index (Phi) is 6.05. The fourth-order valence-corrected chi connectivity index (χ4v) is 2.92. The minimum Gasteiger partial charge on any atom is -0.465 e. The van der Waals surface area contributed by atoms with Crippen molar-refractivity contribution in [3.05, 3.63) is 34.4 Å². The van der Waals surface area contributed by atoms with E-state index in [2.05, 4.69) is 0 Å². The second kappa shape index (κ2) is 7.89. The van der Waals surface area contributed by atoms with Gasteiger partial charge in [0.2, 0.25) is 0 Å². The maximum Gasteiger partial charge on any atom is 0.338 e. The van der Waals surface area contributed by atoms with Gasteiger partial charge in [0, 0.05) is 6.92 Å². The predicted molar refractivity (Wildman–Crippen MR) is 94.6 cm³/mol. The van der Waals surface area contributed by atoms with Gasteiger partial charge < -0.3 is 14.2 Å². The third-order valence-corrected chi connectivity index (χ3v) is 4.24. The molecule has 2 rings (SSSR count). The summed E-state index contributed by atoms with van der Waals surface area (Å²) in [6.07, 6.45) is 1.16. The molecular formula is C20H26O6. The van der Waals surface area contributed by atoms with Crippen LogP contribution in [0.15, 0.2) is 12.1 Å². The van der Waals surface area contributed by atoms with Crippen LogP contribution in [0, 0.1) is 12.8 Å². The van der Waals surface area contributed by atoms with Crippen molar-refractivity contribution in [1.82, 2.24) is 0 Å². The van der Waals surface area contributed by atoms with Gasteiger partial charge in [0.1, 0.15) is 12.2 Å². The lowest BCUT2D eigenvalue weighted by Crippen LogP contribution is -2.25. The number of carbonyl (C=O) groups is 3. The van der Waals surface area contributed by atoms with Crippen LogP contribution in [0.1, 0.15) is 61.2 Å². The van der Waals surface area contributed by atoms with Gasteiger partial charge in [-0.1, -0.05) is 6.07 Å². The largest absolute Gasteiger partial charge is 0.465 e. The van der Waals surface area contributed by atoms with Crippen LogP contribution in [0.4, 0.5) is 0 Å². The number of hydrogen-bond donors (Lipinski definition) is 0. The topological polar surface area (TPSA) is 78.9 Å². The van der Waals surface area contributed by atoms with Crippen LogP contribution in [-0.4, -0.2) is 30.1 Å².